The van der Waals surface area contributed by atoms with E-state index in [2.05, 4.69) is 0 Å². The highest BCUT2D eigenvalue weighted by Gasteiger charge is 2.17. The number of hydrogen-bond donors (Lipinski definition) is 0. The maximum Gasteiger partial charge on any atom is 0.141 e. The fourth-order valence-corrected chi connectivity index (χ4v) is 1.82. The minimum absolute atomic E-state index is 0.653. The third-order valence-corrected chi connectivity index (χ3v) is 2.70. The van der Waals surface area contributed by atoms with E-state index in [0.29, 0.717) is 23.0 Å². The molecule has 0 bridgehead atoms. The van der Waals surface area contributed by atoms with Crippen molar-refractivity contribution >= 4 is 0 Å². The molecular formula is C14H16O4. The van der Waals surface area contributed by atoms with Crippen molar-refractivity contribution in [2.45, 2.75) is 6.92 Å². The summed E-state index contributed by atoms with van der Waals surface area (Å²) in [6, 6.07) is 7.39. The van der Waals surface area contributed by atoms with Gasteiger partial charge in [-0.05, 0) is 19.1 Å². The minimum atomic E-state index is 0.653. The quantitative estimate of drug-likeness (QED) is 0.832. The Balaban J connectivity index is 2.63. The van der Waals surface area contributed by atoms with Gasteiger partial charge in [-0.15, -0.1) is 0 Å². The molecule has 0 atom stereocenters. The van der Waals surface area contributed by atoms with Gasteiger partial charge in [-0.25, -0.2) is 0 Å². The highest BCUT2D eigenvalue weighted by atomic mass is 16.5. The first-order valence-corrected chi connectivity index (χ1v) is 5.56. The number of aryl methyl sites for hydroxylation is 1. The Morgan fingerprint density at radius 3 is 1.89 bits per heavy atom. The molecule has 0 N–H and O–H groups in total. The van der Waals surface area contributed by atoms with Gasteiger partial charge in [0.1, 0.15) is 34.3 Å². The molecule has 0 aliphatic carbocycles. The van der Waals surface area contributed by atoms with Crippen LogP contribution in [0.3, 0.4) is 0 Å². The monoisotopic (exact) mass is 248 g/mol. The zero-order valence-corrected chi connectivity index (χ0v) is 10.9. The maximum absolute atomic E-state index is 5.63. The summed E-state index contributed by atoms with van der Waals surface area (Å²) in [5, 5.41) is 0. The van der Waals surface area contributed by atoms with Gasteiger partial charge >= 0.3 is 0 Å². The van der Waals surface area contributed by atoms with E-state index < -0.39 is 0 Å². The second-order valence-electron chi connectivity index (χ2n) is 3.82. The highest BCUT2D eigenvalue weighted by Crippen LogP contribution is 2.42. The van der Waals surface area contributed by atoms with Crippen LogP contribution in [0.4, 0.5) is 0 Å². The normalized spacial score (nSPS) is 10.2. The smallest absolute Gasteiger partial charge is 0.141 e. The Morgan fingerprint density at radius 2 is 1.50 bits per heavy atom. The predicted octanol–water partition coefficient (Wildman–Crippen LogP) is 3.28. The molecule has 2 aromatic rings. The molecule has 4 nitrogen and oxygen atoms in total. The Labute approximate surface area is 106 Å². The summed E-state index contributed by atoms with van der Waals surface area (Å²) in [6.45, 7) is 1.89. The van der Waals surface area contributed by atoms with E-state index in [4.69, 9.17) is 18.6 Å². The van der Waals surface area contributed by atoms with E-state index in [1.54, 1.807) is 33.5 Å². The summed E-state index contributed by atoms with van der Waals surface area (Å²) in [7, 11) is 4.81. The molecule has 0 fully saturated rings. The van der Waals surface area contributed by atoms with E-state index in [-0.39, 0.29) is 0 Å². The summed E-state index contributed by atoms with van der Waals surface area (Å²) in [5.41, 5.74) is 0.786. The van der Waals surface area contributed by atoms with Crippen LogP contribution in [0.15, 0.2) is 28.7 Å². The van der Waals surface area contributed by atoms with Crippen LogP contribution in [0, 0.1) is 6.92 Å². The Hall–Kier alpha value is -2.10. The average molecular weight is 248 g/mol. The van der Waals surface area contributed by atoms with Crippen molar-refractivity contribution in [3.8, 4) is 28.6 Å². The number of methoxy groups -OCH3 is 3. The summed E-state index contributed by atoms with van der Waals surface area (Å²) in [5.74, 6) is 3.53. The average Bonchev–Trinajstić information content (AvgIpc) is 2.83. The van der Waals surface area contributed by atoms with Crippen molar-refractivity contribution in [2.75, 3.05) is 21.3 Å². The molecule has 1 aromatic carbocycles. The molecule has 0 radical (unpaired) electrons. The van der Waals surface area contributed by atoms with Crippen LogP contribution in [0.2, 0.25) is 0 Å². The first kappa shape index (κ1) is 12.4. The molecule has 96 valence electrons. The van der Waals surface area contributed by atoms with E-state index in [0.717, 1.165) is 11.3 Å². The van der Waals surface area contributed by atoms with Crippen molar-refractivity contribution in [1.29, 1.82) is 0 Å². The van der Waals surface area contributed by atoms with Crippen LogP contribution >= 0.6 is 0 Å². The number of hydrogen-bond acceptors (Lipinski definition) is 4. The van der Waals surface area contributed by atoms with Gasteiger partial charge in [-0.1, -0.05) is 0 Å². The third kappa shape index (κ3) is 2.14. The SMILES string of the molecule is COc1cc(OC)c(-c2ccc(C)o2)c(OC)c1. The summed E-state index contributed by atoms with van der Waals surface area (Å²) >= 11 is 0. The Kier molecular flexibility index (Phi) is 3.46. The molecule has 18 heavy (non-hydrogen) atoms. The predicted molar refractivity (Wildman–Crippen MR) is 68.5 cm³/mol. The van der Waals surface area contributed by atoms with Crippen LogP contribution in [-0.4, -0.2) is 21.3 Å². The third-order valence-electron chi connectivity index (χ3n) is 2.70. The lowest BCUT2D eigenvalue weighted by atomic mass is 10.1. The van der Waals surface area contributed by atoms with Crippen LogP contribution in [0.1, 0.15) is 5.76 Å². The lowest BCUT2D eigenvalue weighted by Crippen LogP contribution is -1.94. The number of ether oxygens (including phenoxy) is 3. The fourth-order valence-electron chi connectivity index (χ4n) is 1.82. The molecular weight excluding hydrogens is 232 g/mol. The molecule has 0 amide bonds. The van der Waals surface area contributed by atoms with E-state index >= 15 is 0 Å². The van der Waals surface area contributed by atoms with Gasteiger partial charge in [-0.2, -0.15) is 0 Å². The first-order valence-electron chi connectivity index (χ1n) is 5.56. The second kappa shape index (κ2) is 5.04. The highest BCUT2D eigenvalue weighted by molar-refractivity contribution is 5.75. The standard InChI is InChI=1S/C14H16O4/c1-9-5-6-11(18-9)14-12(16-3)7-10(15-2)8-13(14)17-4/h5-8H,1-4H3. The van der Waals surface area contributed by atoms with Crippen molar-refractivity contribution < 1.29 is 18.6 Å². The van der Waals surface area contributed by atoms with Crippen LogP contribution in [0.5, 0.6) is 17.2 Å². The lowest BCUT2D eigenvalue weighted by molar-refractivity contribution is 0.375. The van der Waals surface area contributed by atoms with Gasteiger partial charge in [0.15, 0.2) is 0 Å². The molecule has 0 aliphatic rings. The van der Waals surface area contributed by atoms with Crippen LogP contribution in [0.25, 0.3) is 11.3 Å². The Morgan fingerprint density at radius 1 is 0.889 bits per heavy atom. The zero-order chi connectivity index (χ0) is 13.1. The number of furan rings is 1. The van der Waals surface area contributed by atoms with Crippen LogP contribution < -0.4 is 14.2 Å². The summed E-state index contributed by atoms with van der Waals surface area (Å²) in [6.07, 6.45) is 0. The van der Waals surface area contributed by atoms with Crippen molar-refractivity contribution in [1.82, 2.24) is 0 Å². The maximum atomic E-state index is 5.63. The van der Waals surface area contributed by atoms with Gasteiger partial charge in [0.2, 0.25) is 0 Å². The second-order valence-corrected chi connectivity index (χ2v) is 3.82. The molecule has 1 aromatic heterocycles. The number of benzene rings is 1. The molecule has 1 heterocycles. The van der Waals surface area contributed by atoms with E-state index in [9.17, 15) is 0 Å². The molecule has 0 unspecified atom stereocenters. The van der Waals surface area contributed by atoms with E-state index in [1.807, 2.05) is 19.1 Å². The molecule has 0 spiro atoms. The first-order chi connectivity index (χ1) is 8.69. The topological polar surface area (TPSA) is 40.8 Å². The van der Waals surface area contributed by atoms with Crippen molar-refractivity contribution in [3.63, 3.8) is 0 Å². The molecule has 0 saturated heterocycles. The van der Waals surface area contributed by atoms with E-state index in [1.165, 1.54) is 0 Å². The van der Waals surface area contributed by atoms with Gasteiger partial charge in [0, 0.05) is 12.1 Å². The van der Waals surface area contributed by atoms with Gasteiger partial charge in [0.05, 0.1) is 21.3 Å². The van der Waals surface area contributed by atoms with Crippen molar-refractivity contribution in [3.05, 3.63) is 30.0 Å². The summed E-state index contributed by atoms with van der Waals surface area (Å²) in [4.78, 5) is 0. The lowest BCUT2D eigenvalue weighted by Gasteiger charge is -2.13. The molecule has 2 rings (SSSR count). The Bertz CT molecular complexity index is 517. The molecule has 0 aliphatic heterocycles. The zero-order valence-electron chi connectivity index (χ0n) is 10.9. The summed E-state index contributed by atoms with van der Waals surface area (Å²) < 4.78 is 21.6. The molecule has 0 saturated carbocycles. The largest absolute Gasteiger partial charge is 0.496 e. The molecule has 4 heteroatoms. The van der Waals surface area contributed by atoms with Gasteiger partial charge in [0.25, 0.3) is 0 Å². The van der Waals surface area contributed by atoms with Crippen molar-refractivity contribution in [2.24, 2.45) is 0 Å². The minimum Gasteiger partial charge on any atom is -0.496 e. The van der Waals surface area contributed by atoms with Gasteiger partial charge < -0.3 is 18.6 Å². The van der Waals surface area contributed by atoms with Crippen LogP contribution in [-0.2, 0) is 0 Å². The van der Waals surface area contributed by atoms with Gasteiger partial charge in [-0.3, -0.25) is 0 Å². The number of rotatable bonds is 4. The fraction of sp³-hybridized carbons (Fsp3) is 0.286.